The number of nitrogens with one attached hydrogen (secondary N) is 1. The van der Waals surface area contributed by atoms with Crippen LogP contribution in [0.4, 0.5) is 5.82 Å². The fourth-order valence-electron chi connectivity index (χ4n) is 2.12. The summed E-state index contributed by atoms with van der Waals surface area (Å²) in [6.45, 7) is 2.37. The number of halogens is 1. The summed E-state index contributed by atoms with van der Waals surface area (Å²) < 4.78 is 5.74. The molecule has 0 aromatic carbocycles. The lowest BCUT2D eigenvalue weighted by atomic mass is 10.0. The topological polar surface area (TPSA) is 89.4 Å². The van der Waals surface area contributed by atoms with Crippen LogP contribution >= 0.6 is 11.6 Å². The third-order valence-electron chi connectivity index (χ3n) is 3.10. The quantitative estimate of drug-likeness (QED) is 0.536. The number of hydrazine groups is 1. The van der Waals surface area contributed by atoms with Gasteiger partial charge in [0.25, 0.3) is 0 Å². The largest absolute Gasteiger partial charge is 0.383 e. The Morgan fingerprint density at radius 1 is 1.67 bits per heavy atom. The zero-order chi connectivity index (χ0) is 13.1. The van der Waals surface area contributed by atoms with Crippen molar-refractivity contribution in [2.75, 3.05) is 32.5 Å². The average Bonchev–Trinajstić information content (AvgIpc) is 2.35. The third-order valence-corrected chi connectivity index (χ3v) is 3.31. The molecule has 2 heterocycles. The molecular formula is C11H18ClN5O. The van der Waals surface area contributed by atoms with Gasteiger partial charge in [-0.1, -0.05) is 11.6 Å². The molecule has 1 aliphatic rings. The van der Waals surface area contributed by atoms with Crippen LogP contribution < -0.4 is 17.0 Å². The van der Waals surface area contributed by atoms with Gasteiger partial charge in [0.05, 0.1) is 23.8 Å². The Morgan fingerprint density at radius 2 is 2.44 bits per heavy atom. The Bertz CT molecular complexity index is 416. The van der Waals surface area contributed by atoms with E-state index in [1.165, 1.54) is 6.20 Å². The van der Waals surface area contributed by atoms with E-state index in [0.29, 0.717) is 17.4 Å². The van der Waals surface area contributed by atoms with E-state index >= 15 is 0 Å². The first-order chi connectivity index (χ1) is 8.61. The molecule has 2 unspecified atom stereocenters. The van der Waals surface area contributed by atoms with Crippen molar-refractivity contribution < 1.29 is 4.74 Å². The van der Waals surface area contributed by atoms with Crippen molar-refractivity contribution in [3.8, 4) is 0 Å². The molecule has 0 radical (unpaired) electrons. The van der Waals surface area contributed by atoms with Crippen LogP contribution in [0, 0.1) is 0 Å². The van der Waals surface area contributed by atoms with Gasteiger partial charge in [-0.15, -0.1) is 0 Å². The summed E-state index contributed by atoms with van der Waals surface area (Å²) in [4.78, 5) is 6.23. The van der Waals surface area contributed by atoms with E-state index in [2.05, 4.69) is 15.3 Å². The maximum absolute atomic E-state index is 5.95. The molecular weight excluding hydrogens is 254 g/mol. The van der Waals surface area contributed by atoms with Crippen LogP contribution in [0.1, 0.15) is 11.6 Å². The Balaban J connectivity index is 2.24. The van der Waals surface area contributed by atoms with Gasteiger partial charge in [0.2, 0.25) is 0 Å². The number of aromatic nitrogens is 1. The molecule has 1 aliphatic heterocycles. The minimum Gasteiger partial charge on any atom is -0.383 e. The first-order valence-electron chi connectivity index (χ1n) is 5.79. The van der Waals surface area contributed by atoms with Crippen LogP contribution in [-0.2, 0) is 4.74 Å². The molecule has 7 heteroatoms. The predicted molar refractivity (Wildman–Crippen MR) is 71.0 cm³/mol. The number of rotatable bonds is 3. The lowest BCUT2D eigenvalue weighted by Crippen LogP contribution is -2.48. The molecule has 0 bridgehead atoms. The van der Waals surface area contributed by atoms with Gasteiger partial charge in [-0.05, 0) is 13.1 Å². The zero-order valence-electron chi connectivity index (χ0n) is 10.3. The second-order valence-electron chi connectivity index (χ2n) is 4.44. The molecule has 0 amide bonds. The van der Waals surface area contributed by atoms with E-state index in [4.69, 9.17) is 27.9 Å². The predicted octanol–water partition coefficient (Wildman–Crippen LogP) is 0.152. The molecule has 0 spiro atoms. The number of pyridine rings is 1. The van der Waals surface area contributed by atoms with Gasteiger partial charge in [0.15, 0.2) is 0 Å². The highest BCUT2D eigenvalue weighted by molar-refractivity contribution is 6.30. The van der Waals surface area contributed by atoms with Gasteiger partial charge < -0.3 is 15.4 Å². The second kappa shape index (κ2) is 5.81. The van der Waals surface area contributed by atoms with E-state index in [1.807, 2.05) is 7.05 Å². The number of morpholine rings is 1. The van der Waals surface area contributed by atoms with Crippen LogP contribution in [0.25, 0.3) is 0 Å². The monoisotopic (exact) mass is 271 g/mol. The van der Waals surface area contributed by atoms with Crippen molar-refractivity contribution >= 4 is 17.4 Å². The fraction of sp³-hybridized carbons (Fsp3) is 0.545. The standard InChI is InChI=1S/C11H18ClN5O/c1-17-2-3-18-9(6-17)10(16-14)8-4-7(12)5-15-11(8)13/h4-5,9-10,16H,2-3,6,14H2,1H3,(H2,13,15). The summed E-state index contributed by atoms with van der Waals surface area (Å²) in [5, 5.41) is 0.531. The number of ether oxygens (including phenoxy) is 1. The van der Waals surface area contributed by atoms with E-state index in [9.17, 15) is 0 Å². The maximum Gasteiger partial charge on any atom is 0.128 e. The van der Waals surface area contributed by atoms with Crippen LogP contribution in [0.15, 0.2) is 12.3 Å². The van der Waals surface area contributed by atoms with E-state index in [1.54, 1.807) is 6.07 Å². The SMILES string of the molecule is CN1CCOC(C(NN)c2cc(Cl)cnc2N)C1. The molecule has 1 aromatic rings. The van der Waals surface area contributed by atoms with Crippen LogP contribution in [0.2, 0.25) is 5.02 Å². The molecule has 1 aromatic heterocycles. The van der Waals surface area contributed by atoms with Crippen LogP contribution in [0.5, 0.6) is 0 Å². The molecule has 0 saturated carbocycles. The first kappa shape index (κ1) is 13.5. The minimum atomic E-state index is -0.223. The van der Waals surface area contributed by atoms with Crippen molar-refractivity contribution in [3.05, 3.63) is 22.8 Å². The molecule has 2 atom stereocenters. The number of nitrogens with two attached hydrogens (primary N) is 2. The Kier molecular flexibility index (Phi) is 4.36. The Morgan fingerprint density at radius 3 is 3.11 bits per heavy atom. The van der Waals surface area contributed by atoms with Crippen molar-refractivity contribution in [1.82, 2.24) is 15.3 Å². The number of likely N-dealkylation sites (N-methyl/N-ethyl adjacent to an activating group) is 1. The molecule has 100 valence electrons. The highest BCUT2D eigenvalue weighted by Gasteiger charge is 2.29. The van der Waals surface area contributed by atoms with Gasteiger partial charge in [-0.3, -0.25) is 11.3 Å². The summed E-state index contributed by atoms with van der Waals surface area (Å²) >= 11 is 5.95. The highest BCUT2D eigenvalue weighted by atomic mass is 35.5. The van der Waals surface area contributed by atoms with Crippen LogP contribution in [0.3, 0.4) is 0 Å². The summed E-state index contributed by atoms with van der Waals surface area (Å²) in [5.41, 5.74) is 9.39. The molecule has 18 heavy (non-hydrogen) atoms. The number of anilines is 1. The number of nitrogen functional groups attached to an aromatic ring is 1. The normalized spacial score (nSPS) is 22.9. The van der Waals surface area contributed by atoms with E-state index in [0.717, 1.165) is 18.7 Å². The van der Waals surface area contributed by atoms with Crippen molar-refractivity contribution in [3.63, 3.8) is 0 Å². The number of hydrogen-bond donors (Lipinski definition) is 3. The fourth-order valence-corrected chi connectivity index (χ4v) is 2.29. The van der Waals surface area contributed by atoms with Crippen molar-refractivity contribution in [2.45, 2.75) is 12.1 Å². The smallest absolute Gasteiger partial charge is 0.128 e. The van der Waals surface area contributed by atoms with Gasteiger partial charge in [0.1, 0.15) is 5.82 Å². The Hall–Kier alpha value is -0.920. The van der Waals surface area contributed by atoms with Crippen molar-refractivity contribution in [2.24, 2.45) is 5.84 Å². The Labute approximate surface area is 111 Å². The zero-order valence-corrected chi connectivity index (χ0v) is 11.0. The van der Waals surface area contributed by atoms with E-state index < -0.39 is 0 Å². The number of nitrogens with zero attached hydrogens (tertiary/aromatic N) is 2. The lowest BCUT2D eigenvalue weighted by Gasteiger charge is -2.35. The lowest BCUT2D eigenvalue weighted by molar-refractivity contribution is -0.0392. The first-order valence-corrected chi connectivity index (χ1v) is 6.17. The van der Waals surface area contributed by atoms with Gasteiger partial charge >= 0.3 is 0 Å². The average molecular weight is 272 g/mol. The summed E-state index contributed by atoms with van der Waals surface area (Å²) in [5.74, 6) is 6.04. The number of hydrogen-bond acceptors (Lipinski definition) is 6. The molecule has 5 N–H and O–H groups in total. The highest BCUT2D eigenvalue weighted by Crippen LogP contribution is 2.27. The van der Waals surface area contributed by atoms with Gasteiger partial charge in [-0.25, -0.2) is 4.98 Å². The summed E-state index contributed by atoms with van der Waals surface area (Å²) in [7, 11) is 2.04. The molecule has 0 aliphatic carbocycles. The summed E-state index contributed by atoms with van der Waals surface area (Å²) in [6.07, 6.45) is 1.44. The maximum atomic E-state index is 5.95. The minimum absolute atomic E-state index is 0.0729. The van der Waals surface area contributed by atoms with E-state index in [-0.39, 0.29) is 12.1 Å². The van der Waals surface area contributed by atoms with Crippen molar-refractivity contribution in [1.29, 1.82) is 0 Å². The van der Waals surface area contributed by atoms with Crippen LogP contribution in [-0.4, -0.2) is 42.7 Å². The molecule has 2 rings (SSSR count). The molecule has 1 saturated heterocycles. The summed E-state index contributed by atoms with van der Waals surface area (Å²) in [6, 6.07) is 1.55. The second-order valence-corrected chi connectivity index (χ2v) is 4.88. The molecule has 6 nitrogen and oxygen atoms in total. The molecule has 1 fully saturated rings. The third kappa shape index (κ3) is 2.90. The van der Waals surface area contributed by atoms with Gasteiger partial charge in [-0.2, -0.15) is 0 Å². The van der Waals surface area contributed by atoms with Gasteiger partial charge in [0, 0.05) is 24.8 Å².